The Kier molecular flexibility index (Phi) is 5.10. The summed E-state index contributed by atoms with van der Waals surface area (Å²) in [4.78, 5) is 60.4. The van der Waals surface area contributed by atoms with Gasteiger partial charge in [0.05, 0.1) is 22.3 Å². The predicted molar refractivity (Wildman–Crippen MR) is 116 cm³/mol. The Morgan fingerprint density at radius 2 is 1.18 bits per heavy atom. The summed E-state index contributed by atoms with van der Waals surface area (Å²) in [5.41, 5.74) is 1.80. The molecule has 0 radical (unpaired) electrons. The number of ether oxygens (including phenoxy) is 3. The van der Waals surface area contributed by atoms with Crippen LogP contribution < -0.4 is 0 Å². The van der Waals surface area contributed by atoms with Crippen LogP contribution in [0.1, 0.15) is 64.2 Å². The van der Waals surface area contributed by atoms with Crippen LogP contribution in [-0.2, 0) is 19.0 Å². The van der Waals surface area contributed by atoms with E-state index in [1.165, 1.54) is 42.5 Å². The Hall–Kier alpha value is -4.85. The normalized spacial score (nSPS) is 14.3. The Balaban J connectivity index is 1.53. The first-order valence-electron chi connectivity index (χ1n) is 10.2. The fourth-order valence-corrected chi connectivity index (χ4v) is 3.74. The molecule has 5 rings (SSSR count). The van der Waals surface area contributed by atoms with Crippen LogP contribution >= 0.6 is 0 Å². The molecule has 0 aromatic heterocycles. The molecule has 2 aliphatic heterocycles. The van der Waals surface area contributed by atoms with Gasteiger partial charge < -0.3 is 14.2 Å². The Morgan fingerprint density at radius 1 is 0.676 bits per heavy atom. The minimum atomic E-state index is -1.06. The molecule has 2 aliphatic rings. The van der Waals surface area contributed by atoms with Gasteiger partial charge in [-0.1, -0.05) is 42.5 Å². The molecule has 0 saturated carbocycles. The fraction of sp³-hybridized carbons (Fsp3) is 0.0385. The van der Waals surface area contributed by atoms with Crippen LogP contribution in [0.4, 0.5) is 0 Å². The highest BCUT2D eigenvalue weighted by molar-refractivity contribution is 6.15. The maximum Gasteiger partial charge on any atom is 0.346 e. The molecular formula is C26H14O8. The van der Waals surface area contributed by atoms with E-state index in [9.17, 15) is 24.0 Å². The lowest BCUT2D eigenvalue weighted by molar-refractivity contribution is -0.141. The van der Waals surface area contributed by atoms with Crippen molar-refractivity contribution in [3.63, 3.8) is 0 Å². The lowest BCUT2D eigenvalue weighted by Crippen LogP contribution is -2.12. The van der Waals surface area contributed by atoms with Crippen LogP contribution in [-0.4, -0.2) is 29.8 Å². The Morgan fingerprint density at radius 3 is 1.71 bits per heavy atom. The molecule has 0 N–H and O–H groups in total. The van der Waals surface area contributed by atoms with Crippen LogP contribution in [0, 0.1) is 0 Å². The molecule has 3 aromatic rings. The molecular weight excluding hydrogens is 440 g/mol. The van der Waals surface area contributed by atoms with E-state index in [1.54, 1.807) is 6.08 Å². The van der Waals surface area contributed by atoms with E-state index in [1.807, 2.05) is 30.3 Å². The van der Waals surface area contributed by atoms with Gasteiger partial charge in [-0.05, 0) is 47.0 Å². The molecule has 0 atom stereocenters. The van der Waals surface area contributed by atoms with Gasteiger partial charge in [0.2, 0.25) is 0 Å². The standard InChI is InChI=1S/C26H14O8/c27-21(11-6-14-4-2-1-3-5-14)32-22(15-7-9-17-19(12-15)25(30)33-23(17)28)16-8-10-18-20(13-16)26(31)34-24(18)29/h1-13,22H/b11-6+. The quantitative estimate of drug-likeness (QED) is 0.248. The van der Waals surface area contributed by atoms with Crippen molar-refractivity contribution >= 4 is 35.9 Å². The molecule has 166 valence electrons. The molecule has 0 bridgehead atoms. The summed E-state index contributed by atoms with van der Waals surface area (Å²) in [5, 5.41) is 0. The number of rotatable bonds is 5. The van der Waals surface area contributed by atoms with Crippen molar-refractivity contribution in [3.8, 4) is 0 Å². The summed E-state index contributed by atoms with van der Waals surface area (Å²) in [6.07, 6.45) is 1.77. The highest BCUT2D eigenvalue weighted by Crippen LogP contribution is 2.33. The summed E-state index contributed by atoms with van der Waals surface area (Å²) >= 11 is 0. The van der Waals surface area contributed by atoms with Gasteiger partial charge in [-0.2, -0.15) is 0 Å². The number of esters is 5. The number of hydrogen-bond acceptors (Lipinski definition) is 8. The van der Waals surface area contributed by atoms with Crippen molar-refractivity contribution in [2.24, 2.45) is 0 Å². The van der Waals surface area contributed by atoms with Gasteiger partial charge >= 0.3 is 29.8 Å². The molecule has 2 heterocycles. The average Bonchev–Trinajstić information content (AvgIpc) is 3.30. The minimum absolute atomic E-state index is 0.0409. The number of hydrogen-bond donors (Lipinski definition) is 0. The van der Waals surface area contributed by atoms with Crippen LogP contribution in [0.25, 0.3) is 6.08 Å². The highest BCUT2D eigenvalue weighted by atomic mass is 16.6. The van der Waals surface area contributed by atoms with Crippen LogP contribution in [0.3, 0.4) is 0 Å². The molecule has 0 spiro atoms. The number of carbonyl (C=O) groups excluding carboxylic acids is 5. The third-order valence-electron chi connectivity index (χ3n) is 5.39. The van der Waals surface area contributed by atoms with Crippen molar-refractivity contribution in [1.29, 1.82) is 0 Å². The van der Waals surface area contributed by atoms with Crippen LogP contribution in [0.2, 0.25) is 0 Å². The van der Waals surface area contributed by atoms with Gasteiger partial charge in [-0.25, -0.2) is 24.0 Å². The van der Waals surface area contributed by atoms with Crippen molar-refractivity contribution in [3.05, 3.63) is 112 Å². The predicted octanol–water partition coefficient (Wildman–Crippen LogP) is 3.65. The molecule has 3 aromatic carbocycles. The van der Waals surface area contributed by atoms with Gasteiger partial charge in [0.25, 0.3) is 0 Å². The zero-order chi connectivity index (χ0) is 23.8. The van der Waals surface area contributed by atoms with Gasteiger partial charge in [0.15, 0.2) is 6.10 Å². The van der Waals surface area contributed by atoms with Gasteiger partial charge in [0, 0.05) is 6.08 Å². The first kappa shape index (κ1) is 21.0. The Bertz CT molecular complexity index is 1340. The highest BCUT2D eigenvalue weighted by Gasteiger charge is 2.33. The summed E-state index contributed by atoms with van der Waals surface area (Å²) < 4.78 is 15.0. The van der Waals surface area contributed by atoms with Crippen molar-refractivity contribution in [1.82, 2.24) is 0 Å². The molecule has 0 fully saturated rings. The summed E-state index contributed by atoms with van der Waals surface area (Å²) in [5.74, 6) is -3.82. The summed E-state index contributed by atoms with van der Waals surface area (Å²) in [7, 11) is 0. The van der Waals surface area contributed by atoms with E-state index in [0.29, 0.717) is 11.1 Å². The third-order valence-corrected chi connectivity index (χ3v) is 5.39. The zero-order valence-electron chi connectivity index (χ0n) is 17.3. The van der Waals surface area contributed by atoms with E-state index in [2.05, 4.69) is 9.47 Å². The number of fused-ring (bicyclic) bond motifs is 2. The largest absolute Gasteiger partial charge is 0.449 e. The molecule has 0 aliphatic carbocycles. The topological polar surface area (TPSA) is 113 Å². The lowest BCUT2D eigenvalue weighted by Gasteiger charge is -2.19. The van der Waals surface area contributed by atoms with Gasteiger partial charge in [-0.3, -0.25) is 0 Å². The zero-order valence-corrected chi connectivity index (χ0v) is 17.3. The fourth-order valence-electron chi connectivity index (χ4n) is 3.74. The molecule has 0 amide bonds. The average molecular weight is 454 g/mol. The molecule has 8 heteroatoms. The van der Waals surface area contributed by atoms with E-state index in [4.69, 9.17) is 4.74 Å². The van der Waals surface area contributed by atoms with Gasteiger partial charge in [0.1, 0.15) is 0 Å². The molecule has 0 unspecified atom stereocenters. The maximum atomic E-state index is 12.7. The Labute approximate surface area is 192 Å². The second-order valence-electron chi connectivity index (χ2n) is 7.52. The SMILES string of the molecule is O=C(/C=C/c1ccccc1)OC(c1ccc2c(c1)C(=O)OC2=O)c1ccc2c(c1)C(=O)OC2=O. The minimum Gasteiger partial charge on any atom is -0.449 e. The lowest BCUT2D eigenvalue weighted by atomic mass is 9.95. The van der Waals surface area contributed by atoms with Crippen LogP contribution in [0.15, 0.2) is 72.8 Å². The van der Waals surface area contributed by atoms with E-state index >= 15 is 0 Å². The molecule has 8 nitrogen and oxygen atoms in total. The number of cyclic esters (lactones) is 4. The van der Waals surface area contributed by atoms with Gasteiger partial charge in [-0.15, -0.1) is 0 Å². The second kappa shape index (κ2) is 8.25. The molecule has 34 heavy (non-hydrogen) atoms. The number of benzene rings is 3. The van der Waals surface area contributed by atoms with Crippen molar-refractivity contribution in [2.75, 3.05) is 0 Å². The monoisotopic (exact) mass is 454 g/mol. The molecule has 0 saturated heterocycles. The first-order chi connectivity index (χ1) is 16.4. The smallest absolute Gasteiger partial charge is 0.346 e. The van der Waals surface area contributed by atoms with Crippen molar-refractivity contribution in [2.45, 2.75) is 6.10 Å². The van der Waals surface area contributed by atoms with E-state index in [-0.39, 0.29) is 22.3 Å². The third kappa shape index (κ3) is 3.77. The van der Waals surface area contributed by atoms with Crippen LogP contribution in [0.5, 0.6) is 0 Å². The summed E-state index contributed by atoms with van der Waals surface area (Å²) in [6.45, 7) is 0. The first-order valence-corrected chi connectivity index (χ1v) is 10.2. The maximum absolute atomic E-state index is 12.7. The van der Waals surface area contributed by atoms with Crippen molar-refractivity contribution < 1.29 is 38.2 Å². The number of carbonyl (C=O) groups is 5. The summed E-state index contributed by atoms with van der Waals surface area (Å²) in [6, 6.07) is 17.8. The second-order valence-corrected chi connectivity index (χ2v) is 7.52. The van der Waals surface area contributed by atoms with E-state index < -0.39 is 36.0 Å². The van der Waals surface area contributed by atoms with E-state index in [0.717, 1.165) is 5.56 Å².